The number of anilines is 1. The van der Waals surface area contributed by atoms with Gasteiger partial charge in [-0.05, 0) is 36.3 Å². The van der Waals surface area contributed by atoms with Crippen molar-refractivity contribution >= 4 is 28.5 Å². The van der Waals surface area contributed by atoms with Crippen molar-refractivity contribution in [2.45, 2.75) is 25.7 Å². The molecule has 4 heteroatoms. The molecule has 0 saturated heterocycles. The number of pyridine rings is 1. The number of nitrogens with two attached hydrogens (primary N) is 1. The van der Waals surface area contributed by atoms with Crippen LogP contribution in [-0.2, 0) is 5.41 Å². The van der Waals surface area contributed by atoms with Gasteiger partial charge in [0.2, 0.25) is 0 Å². The Kier molecular flexibility index (Phi) is 3.59. The minimum Gasteiger partial charge on any atom is -0.389 e. The minimum atomic E-state index is -0.0121. The van der Waals surface area contributed by atoms with Gasteiger partial charge in [-0.3, -0.25) is 4.98 Å². The first-order valence-electron chi connectivity index (χ1n) is 7.14. The zero-order valence-corrected chi connectivity index (χ0v) is 13.4. The summed E-state index contributed by atoms with van der Waals surface area (Å²) in [6.07, 6.45) is 8.89. The average Bonchev–Trinajstić information content (AvgIpc) is 2.82. The van der Waals surface area contributed by atoms with Crippen LogP contribution in [0.25, 0.3) is 12.2 Å². The largest absolute Gasteiger partial charge is 0.389 e. The van der Waals surface area contributed by atoms with E-state index in [1.165, 1.54) is 21.8 Å². The van der Waals surface area contributed by atoms with Crippen LogP contribution in [0.2, 0.25) is 0 Å². The Hall–Kier alpha value is -2.38. The number of aromatic nitrogens is 1. The number of rotatable bonds is 2. The molecule has 2 heterocycles. The molecule has 0 fully saturated rings. The number of allylic oxidation sites excluding steroid dienone is 2. The minimum absolute atomic E-state index is 0.0121. The SMILES string of the molecule is CC1(C)CC(C=Cc2ccccn2)=Cc2c1sc(N)c2C#N. The first-order chi connectivity index (χ1) is 10.5. The maximum atomic E-state index is 9.35. The lowest BCUT2D eigenvalue weighted by molar-refractivity contribution is 0.531. The number of hydrogen-bond donors (Lipinski definition) is 1. The van der Waals surface area contributed by atoms with Crippen molar-refractivity contribution in [3.63, 3.8) is 0 Å². The van der Waals surface area contributed by atoms with Gasteiger partial charge in [-0.1, -0.05) is 26.0 Å². The summed E-state index contributed by atoms with van der Waals surface area (Å²) in [5.41, 5.74) is 9.71. The summed E-state index contributed by atoms with van der Waals surface area (Å²) in [6.45, 7) is 4.40. The molecule has 0 unspecified atom stereocenters. The highest BCUT2D eigenvalue weighted by molar-refractivity contribution is 7.16. The number of thiophene rings is 1. The quantitative estimate of drug-likeness (QED) is 0.895. The highest BCUT2D eigenvalue weighted by Gasteiger charge is 2.32. The third-order valence-electron chi connectivity index (χ3n) is 3.83. The van der Waals surface area contributed by atoms with Gasteiger partial charge in [0.05, 0.1) is 11.3 Å². The summed E-state index contributed by atoms with van der Waals surface area (Å²) in [5, 5.41) is 9.96. The van der Waals surface area contributed by atoms with E-state index in [2.05, 4.69) is 37.1 Å². The smallest absolute Gasteiger partial charge is 0.105 e. The standard InChI is InChI=1S/C18H17N3S/c1-18(2)10-12(6-7-13-5-3-4-8-21-13)9-14-15(11-19)17(20)22-16(14)18/h3-9H,10,20H2,1-2H3. The normalized spacial score (nSPS) is 16.1. The Balaban J connectivity index is 2.02. The van der Waals surface area contributed by atoms with Gasteiger partial charge in [0.15, 0.2) is 0 Å². The summed E-state index contributed by atoms with van der Waals surface area (Å²) in [4.78, 5) is 5.50. The first-order valence-corrected chi connectivity index (χ1v) is 7.95. The summed E-state index contributed by atoms with van der Waals surface area (Å²) >= 11 is 1.54. The van der Waals surface area contributed by atoms with Gasteiger partial charge in [0, 0.05) is 22.1 Å². The van der Waals surface area contributed by atoms with E-state index in [-0.39, 0.29) is 5.41 Å². The molecule has 0 spiro atoms. The molecule has 22 heavy (non-hydrogen) atoms. The molecule has 2 N–H and O–H groups in total. The van der Waals surface area contributed by atoms with Gasteiger partial charge in [0.25, 0.3) is 0 Å². The van der Waals surface area contributed by atoms with Crippen molar-refractivity contribution in [3.05, 3.63) is 57.7 Å². The van der Waals surface area contributed by atoms with E-state index in [1.807, 2.05) is 24.3 Å². The predicted octanol–water partition coefficient (Wildman–Crippen LogP) is 4.38. The van der Waals surface area contributed by atoms with E-state index < -0.39 is 0 Å². The fourth-order valence-corrected chi connectivity index (χ4v) is 3.92. The van der Waals surface area contributed by atoms with Gasteiger partial charge in [-0.2, -0.15) is 5.26 Å². The molecule has 3 nitrogen and oxygen atoms in total. The summed E-state index contributed by atoms with van der Waals surface area (Å²) in [6, 6.07) is 8.08. The monoisotopic (exact) mass is 307 g/mol. The van der Waals surface area contributed by atoms with Crippen LogP contribution in [-0.4, -0.2) is 4.98 Å². The predicted molar refractivity (Wildman–Crippen MR) is 92.3 cm³/mol. The topological polar surface area (TPSA) is 62.7 Å². The number of fused-ring (bicyclic) bond motifs is 1. The molecule has 2 aromatic heterocycles. The van der Waals surface area contributed by atoms with Crippen molar-refractivity contribution in [2.24, 2.45) is 0 Å². The van der Waals surface area contributed by atoms with Gasteiger partial charge < -0.3 is 5.73 Å². The number of nitrogens with zero attached hydrogens (tertiary/aromatic N) is 2. The van der Waals surface area contributed by atoms with Crippen LogP contribution in [0.5, 0.6) is 0 Å². The summed E-state index contributed by atoms with van der Waals surface area (Å²) in [5.74, 6) is 0. The molecule has 0 radical (unpaired) electrons. The molecule has 3 rings (SSSR count). The Morgan fingerprint density at radius 2 is 2.18 bits per heavy atom. The molecule has 0 aromatic carbocycles. The van der Waals surface area contributed by atoms with Crippen LogP contribution in [0.3, 0.4) is 0 Å². The van der Waals surface area contributed by atoms with Crippen LogP contribution in [0.4, 0.5) is 5.00 Å². The second-order valence-corrected chi connectivity index (χ2v) is 7.12. The molecule has 2 aromatic rings. The second-order valence-electron chi connectivity index (χ2n) is 6.06. The number of nitrogen functional groups attached to an aromatic ring is 1. The van der Waals surface area contributed by atoms with Crippen molar-refractivity contribution in [3.8, 4) is 6.07 Å². The molecule has 0 bridgehead atoms. The van der Waals surface area contributed by atoms with Crippen LogP contribution in [0.1, 0.15) is 42.0 Å². The second kappa shape index (κ2) is 5.43. The first kappa shape index (κ1) is 14.6. The van der Waals surface area contributed by atoms with Crippen LogP contribution in [0.15, 0.2) is 36.0 Å². The van der Waals surface area contributed by atoms with E-state index in [1.54, 1.807) is 6.20 Å². The highest BCUT2D eigenvalue weighted by atomic mass is 32.1. The van der Waals surface area contributed by atoms with E-state index >= 15 is 0 Å². The average molecular weight is 307 g/mol. The number of nitriles is 1. The lowest BCUT2D eigenvalue weighted by Crippen LogP contribution is -2.20. The molecule has 110 valence electrons. The van der Waals surface area contributed by atoms with E-state index in [0.29, 0.717) is 10.6 Å². The van der Waals surface area contributed by atoms with E-state index in [9.17, 15) is 5.26 Å². The maximum absolute atomic E-state index is 9.35. The Morgan fingerprint density at radius 1 is 1.36 bits per heavy atom. The van der Waals surface area contributed by atoms with Gasteiger partial charge >= 0.3 is 0 Å². The third-order valence-corrected chi connectivity index (χ3v) is 5.23. The van der Waals surface area contributed by atoms with Crippen LogP contribution < -0.4 is 5.73 Å². The van der Waals surface area contributed by atoms with Gasteiger partial charge in [-0.15, -0.1) is 11.3 Å². The van der Waals surface area contributed by atoms with Gasteiger partial charge in [0.1, 0.15) is 11.1 Å². The maximum Gasteiger partial charge on any atom is 0.105 e. The van der Waals surface area contributed by atoms with Crippen LogP contribution in [0, 0.1) is 11.3 Å². The molecular formula is C18H17N3S. The van der Waals surface area contributed by atoms with Gasteiger partial charge in [-0.25, -0.2) is 0 Å². The lowest BCUT2D eigenvalue weighted by atomic mass is 9.77. The van der Waals surface area contributed by atoms with Crippen molar-refractivity contribution in [1.82, 2.24) is 4.98 Å². The van der Waals surface area contributed by atoms with E-state index in [4.69, 9.17) is 5.73 Å². The zero-order chi connectivity index (χ0) is 15.7. The molecule has 1 aliphatic carbocycles. The number of hydrogen-bond acceptors (Lipinski definition) is 4. The molecular weight excluding hydrogens is 290 g/mol. The highest BCUT2D eigenvalue weighted by Crippen LogP contribution is 2.46. The molecule has 0 atom stereocenters. The van der Waals surface area contributed by atoms with E-state index in [0.717, 1.165) is 17.7 Å². The Labute approximate surface area is 134 Å². The molecule has 0 aliphatic heterocycles. The zero-order valence-electron chi connectivity index (χ0n) is 12.6. The fraction of sp³-hybridized carbons (Fsp3) is 0.222. The summed E-state index contributed by atoms with van der Waals surface area (Å²) < 4.78 is 0. The molecule has 0 saturated carbocycles. The van der Waals surface area contributed by atoms with Crippen molar-refractivity contribution in [2.75, 3.05) is 5.73 Å². The van der Waals surface area contributed by atoms with Crippen LogP contribution >= 0.6 is 11.3 Å². The molecule has 0 amide bonds. The Morgan fingerprint density at radius 3 is 2.86 bits per heavy atom. The fourth-order valence-electron chi connectivity index (χ4n) is 2.82. The summed E-state index contributed by atoms with van der Waals surface area (Å²) in [7, 11) is 0. The lowest BCUT2D eigenvalue weighted by Gasteiger charge is -2.29. The Bertz CT molecular complexity index is 805. The third kappa shape index (κ3) is 2.56. The molecule has 1 aliphatic rings. The van der Waals surface area contributed by atoms with Crippen molar-refractivity contribution < 1.29 is 0 Å². The van der Waals surface area contributed by atoms with Crippen molar-refractivity contribution in [1.29, 1.82) is 5.26 Å².